The molecule has 1 fully saturated rings. The Morgan fingerprint density at radius 2 is 1.93 bits per heavy atom. The largest absolute Gasteiger partial charge is 0.389 e. The molecule has 0 amide bonds. The number of H-pyrrole nitrogens is 1. The highest BCUT2D eigenvalue weighted by Gasteiger charge is 2.26. The summed E-state index contributed by atoms with van der Waals surface area (Å²) >= 11 is 1.73. The SMILES string of the molecule is CC(C)n1c(=O)n(C)c2c(-c3cnn(CC(C)(C)O)c3)nc3[nH]cc(-c4cc5cnc(N6CCNCC6)cc5s4)c3c21. The lowest BCUT2D eigenvalue weighted by atomic mass is 10.1. The molecule has 12 heteroatoms. The van der Waals surface area contributed by atoms with Gasteiger partial charge in [0.15, 0.2) is 0 Å². The Bertz CT molecular complexity index is 2010. The fourth-order valence-corrected chi connectivity index (χ4v) is 7.09. The van der Waals surface area contributed by atoms with E-state index in [0.717, 1.165) is 69.8 Å². The molecule has 3 N–H and O–H groups in total. The van der Waals surface area contributed by atoms with E-state index in [9.17, 15) is 9.90 Å². The molecule has 42 heavy (non-hydrogen) atoms. The quantitative estimate of drug-likeness (QED) is 0.269. The van der Waals surface area contributed by atoms with E-state index in [-0.39, 0.29) is 11.7 Å². The fourth-order valence-electron chi connectivity index (χ4n) is 6.01. The molecule has 0 unspecified atom stereocenters. The summed E-state index contributed by atoms with van der Waals surface area (Å²) < 4.78 is 6.44. The highest BCUT2D eigenvalue weighted by Crippen LogP contribution is 2.42. The highest BCUT2D eigenvalue weighted by atomic mass is 32.1. The van der Waals surface area contributed by atoms with Crippen LogP contribution in [0.3, 0.4) is 0 Å². The van der Waals surface area contributed by atoms with Crippen molar-refractivity contribution in [3.05, 3.63) is 47.4 Å². The predicted molar refractivity (Wildman–Crippen MR) is 168 cm³/mol. The maximum atomic E-state index is 13.7. The lowest BCUT2D eigenvalue weighted by Crippen LogP contribution is -2.43. The average molecular weight is 586 g/mol. The van der Waals surface area contributed by atoms with E-state index in [1.54, 1.807) is 47.7 Å². The fraction of sp³-hybridized carbons (Fsp3) is 0.400. The summed E-state index contributed by atoms with van der Waals surface area (Å²) in [4.78, 5) is 30.3. The van der Waals surface area contributed by atoms with E-state index in [4.69, 9.17) is 9.97 Å². The molecule has 11 nitrogen and oxygen atoms in total. The monoisotopic (exact) mass is 585 g/mol. The lowest BCUT2D eigenvalue weighted by Gasteiger charge is -2.28. The predicted octanol–water partition coefficient (Wildman–Crippen LogP) is 4.12. The second-order valence-electron chi connectivity index (χ2n) is 12.1. The van der Waals surface area contributed by atoms with Gasteiger partial charge in [0.25, 0.3) is 0 Å². The Morgan fingerprint density at radius 3 is 2.67 bits per heavy atom. The zero-order chi connectivity index (χ0) is 29.3. The van der Waals surface area contributed by atoms with Crippen molar-refractivity contribution in [3.63, 3.8) is 0 Å². The standard InChI is InChI=1S/C30H35N9O2S/c1-17(2)39-26-24-20(22-10-18-12-32-23(11-21(18)42-22)37-8-6-31-7-9-37)14-33-28(24)35-25(27(26)36(5)29(39)40)19-13-34-38(15-19)16-30(3,4)41/h10-15,17,31,41H,6-9,16H2,1-5H3,(H,33,35). The van der Waals surface area contributed by atoms with Crippen molar-refractivity contribution in [2.45, 2.75) is 45.9 Å². The van der Waals surface area contributed by atoms with Crippen molar-refractivity contribution >= 4 is 49.3 Å². The molecule has 1 aliphatic heterocycles. The van der Waals surface area contributed by atoms with Crippen molar-refractivity contribution in [1.29, 1.82) is 0 Å². The number of aromatic amines is 1. The third-order valence-electron chi connectivity index (χ3n) is 7.90. The summed E-state index contributed by atoms with van der Waals surface area (Å²) in [7, 11) is 1.80. The maximum Gasteiger partial charge on any atom is 0.329 e. The molecule has 1 aliphatic rings. The number of aliphatic hydroxyl groups is 1. The number of imidazole rings is 1. The summed E-state index contributed by atoms with van der Waals surface area (Å²) in [6, 6.07) is 4.31. The molecular weight excluding hydrogens is 550 g/mol. The van der Waals surface area contributed by atoms with Crippen LogP contribution < -0.4 is 15.9 Å². The molecule has 218 valence electrons. The van der Waals surface area contributed by atoms with Crippen LogP contribution in [0.15, 0.2) is 41.7 Å². The van der Waals surface area contributed by atoms with Crippen molar-refractivity contribution in [2.24, 2.45) is 7.05 Å². The Labute approximate surface area is 246 Å². The third-order valence-corrected chi connectivity index (χ3v) is 9.03. The van der Waals surface area contributed by atoms with Crippen molar-refractivity contribution in [2.75, 3.05) is 31.1 Å². The highest BCUT2D eigenvalue weighted by molar-refractivity contribution is 7.22. The Balaban J connectivity index is 1.43. The van der Waals surface area contributed by atoms with Gasteiger partial charge in [-0.1, -0.05) is 0 Å². The van der Waals surface area contributed by atoms with Gasteiger partial charge in [-0.2, -0.15) is 5.10 Å². The van der Waals surface area contributed by atoms with Crippen LogP contribution in [0, 0.1) is 0 Å². The number of fused-ring (bicyclic) bond motifs is 4. The number of hydrogen-bond donors (Lipinski definition) is 3. The molecule has 7 heterocycles. The molecule has 7 rings (SSSR count). The van der Waals surface area contributed by atoms with Crippen molar-refractivity contribution in [3.8, 4) is 21.7 Å². The number of pyridine rings is 2. The van der Waals surface area contributed by atoms with Crippen LogP contribution in [0.4, 0.5) is 5.82 Å². The zero-order valence-corrected chi connectivity index (χ0v) is 25.3. The van der Waals surface area contributed by atoms with E-state index < -0.39 is 5.60 Å². The van der Waals surface area contributed by atoms with E-state index >= 15 is 0 Å². The lowest BCUT2D eigenvalue weighted by molar-refractivity contribution is 0.0577. The van der Waals surface area contributed by atoms with Gasteiger partial charge >= 0.3 is 5.69 Å². The third kappa shape index (κ3) is 4.41. The number of thiophene rings is 1. The van der Waals surface area contributed by atoms with Crippen LogP contribution in [0.2, 0.25) is 0 Å². The number of aromatic nitrogens is 7. The number of nitrogens with one attached hydrogen (secondary N) is 2. The second-order valence-corrected chi connectivity index (χ2v) is 13.1. The van der Waals surface area contributed by atoms with E-state index in [1.165, 1.54) is 4.70 Å². The van der Waals surface area contributed by atoms with Crippen LogP contribution in [0.25, 0.3) is 53.9 Å². The van der Waals surface area contributed by atoms with Crippen LogP contribution in [-0.2, 0) is 13.6 Å². The molecule has 0 atom stereocenters. The van der Waals surface area contributed by atoms with Crippen LogP contribution in [0.1, 0.15) is 33.7 Å². The smallest absolute Gasteiger partial charge is 0.329 e. The van der Waals surface area contributed by atoms with Gasteiger partial charge < -0.3 is 20.3 Å². The van der Waals surface area contributed by atoms with Gasteiger partial charge in [0, 0.05) is 83.9 Å². The Morgan fingerprint density at radius 1 is 1.14 bits per heavy atom. The van der Waals surface area contributed by atoms with E-state index in [0.29, 0.717) is 17.9 Å². The first kappa shape index (κ1) is 26.9. The number of anilines is 1. The summed E-state index contributed by atoms with van der Waals surface area (Å²) in [5, 5.41) is 20.2. The number of hydrogen-bond acceptors (Lipinski definition) is 8. The second kappa shape index (κ2) is 9.79. The number of piperazine rings is 1. The van der Waals surface area contributed by atoms with Crippen LogP contribution >= 0.6 is 11.3 Å². The van der Waals surface area contributed by atoms with Crippen molar-refractivity contribution < 1.29 is 5.11 Å². The zero-order valence-electron chi connectivity index (χ0n) is 24.5. The molecule has 0 saturated carbocycles. The Kier molecular flexibility index (Phi) is 6.26. The summed E-state index contributed by atoms with van der Waals surface area (Å²) in [6.07, 6.45) is 7.58. The molecule has 0 aliphatic carbocycles. The first-order valence-electron chi connectivity index (χ1n) is 14.3. The first-order valence-corrected chi connectivity index (χ1v) is 15.1. The minimum absolute atomic E-state index is 0.0616. The normalized spacial score (nSPS) is 14.8. The van der Waals surface area contributed by atoms with E-state index in [1.807, 2.05) is 37.0 Å². The van der Waals surface area contributed by atoms with Gasteiger partial charge in [0.1, 0.15) is 17.2 Å². The molecule has 0 spiro atoms. The molecule has 0 bridgehead atoms. The van der Waals surface area contributed by atoms with Gasteiger partial charge in [-0.05, 0) is 39.8 Å². The van der Waals surface area contributed by atoms with Crippen molar-refractivity contribution in [1.82, 2.24) is 39.2 Å². The number of rotatable bonds is 6. The number of nitrogens with zero attached hydrogens (tertiary/aromatic N) is 7. The van der Waals surface area contributed by atoms with E-state index in [2.05, 4.69) is 32.4 Å². The van der Waals surface area contributed by atoms with Gasteiger partial charge in [-0.3, -0.25) is 13.8 Å². The average Bonchev–Trinajstić information content (AvgIpc) is 3.72. The summed E-state index contributed by atoms with van der Waals surface area (Å²) in [6.45, 7) is 11.7. The molecule has 0 radical (unpaired) electrons. The summed E-state index contributed by atoms with van der Waals surface area (Å²) in [5.41, 5.74) is 3.78. The Hall–Kier alpha value is -4.00. The minimum atomic E-state index is -0.913. The summed E-state index contributed by atoms with van der Waals surface area (Å²) in [5.74, 6) is 1.01. The molecule has 6 aromatic heterocycles. The van der Waals surface area contributed by atoms with Gasteiger partial charge in [-0.15, -0.1) is 11.3 Å². The first-order chi connectivity index (χ1) is 20.1. The van der Waals surface area contributed by atoms with Crippen LogP contribution in [0.5, 0.6) is 0 Å². The molecule has 1 saturated heterocycles. The molecule has 0 aromatic carbocycles. The van der Waals surface area contributed by atoms with Gasteiger partial charge in [0.05, 0.1) is 34.8 Å². The number of aryl methyl sites for hydroxylation is 1. The minimum Gasteiger partial charge on any atom is -0.389 e. The maximum absolute atomic E-state index is 13.7. The molecule has 6 aromatic rings. The van der Waals surface area contributed by atoms with Gasteiger partial charge in [0.2, 0.25) is 0 Å². The molecular formula is C30H35N9O2S. The van der Waals surface area contributed by atoms with Gasteiger partial charge in [-0.25, -0.2) is 14.8 Å². The van der Waals surface area contributed by atoms with Crippen LogP contribution in [-0.4, -0.2) is 70.8 Å². The topological polar surface area (TPSA) is 122 Å².